The predicted molar refractivity (Wildman–Crippen MR) is 85.8 cm³/mol. The van der Waals surface area contributed by atoms with E-state index >= 15 is 0 Å². The Balaban J connectivity index is 1.56. The van der Waals surface area contributed by atoms with E-state index in [1.54, 1.807) is 12.3 Å². The molecule has 7 nitrogen and oxygen atoms in total. The molecule has 1 aliphatic rings. The van der Waals surface area contributed by atoms with E-state index in [-0.39, 0.29) is 11.2 Å². The smallest absolute Gasteiger partial charge is 0.233 e. The first-order valence-electron chi connectivity index (χ1n) is 7.98. The second-order valence-corrected chi connectivity index (χ2v) is 7.06. The summed E-state index contributed by atoms with van der Waals surface area (Å²) >= 11 is 1.40. The number of hydrogen-bond donors (Lipinski definition) is 1. The van der Waals surface area contributed by atoms with Gasteiger partial charge in [-0.1, -0.05) is 31.0 Å². The number of nitrogens with one attached hydrogen (secondary N) is 1. The number of amides is 1. The van der Waals surface area contributed by atoms with Gasteiger partial charge in [0.1, 0.15) is 5.76 Å². The number of thioether (sulfide) groups is 1. The maximum absolute atomic E-state index is 12.2. The number of carbonyl (C=O) groups is 1. The summed E-state index contributed by atoms with van der Waals surface area (Å²) < 4.78 is 7.10. The Labute approximate surface area is 139 Å². The molecule has 0 aromatic carbocycles. The van der Waals surface area contributed by atoms with Crippen molar-refractivity contribution in [1.82, 2.24) is 25.5 Å². The molecule has 0 bridgehead atoms. The van der Waals surface area contributed by atoms with Gasteiger partial charge in [0.15, 0.2) is 0 Å². The summed E-state index contributed by atoms with van der Waals surface area (Å²) in [6, 6.07) is 4.00. The molecular weight excluding hydrogens is 314 g/mol. The van der Waals surface area contributed by atoms with Crippen LogP contribution in [0.25, 0.3) is 0 Å². The molecule has 0 aliphatic heterocycles. The van der Waals surface area contributed by atoms with Crippen LogP contribution in [0.4, 0.5) is 0 Å². The zero-order valence-corrected chi connectivity index (χ0v) is 14.0. The summed E-state index contributed by atoms with van der Waals surface area (Å²) in [5.41, 5.74) is 0. The van der Waals surface area contributed by atoms with E-state index in [1.165, 1.54) is 31.0 Å². The molecule has 0 unspecified atom stereocenters. The molecule has 1 fully saturated rings. The molecule has 0 spiro atoms. The first kappa shape index (κ1) is 16.0. The van der Waals surface area contributed by atoms with Crippen molar-refractivity contribution in [3.05, 3.63) is 24.2 Å². The molecule has 1 atom stereocenters. The van der Waals surface area contributed by atoms with Gasteiger partial charge < -0.3 is 9.73 Å². The maximum atomic E-state index is 12.2. The Morgan fingerprint density at radius 1 is 1.48 bits per heavy atom. The Morgan fingerprint density at radius 3 is 3.04 bits per heavy atom. The first-order valence-corrected chi connectivity index (χ1v) is 8.86. The lowest BCUT2D eigenvalue weighted by Gasteiger charge is -2.22. The topological polar surface area (TPSA) is 85.8 Å². The maximum Gasteiger partial charge on any atom is 0.233 e. The number of rotatable bonds is 6. The minimum atomic E-state index is -0.265. The highest BCUT2D eigenvalue weighted by Gasteiger charge is 2.23. The molecule has 0 saturated heterocycles. The van der Waals surface area contributed by atoms with Crippen LogP contribution in [-0.4, -0.2) is 31.4 Å². The first-order chi connectivity index (χ1) is 11.2. The fraction of sp³-hybridized carbons (Fsp3) is 0.600. The molecule has 8 heteroatoms. The minimum Gasteiger partial charge on any atom is -0.467 e. The van der Waals surface area contributed by atoms with E-state index in [1.807, 2.05) is 17.7 Å². The summed E-state index contributed by atoms with van der Waals surface area (Å²) in [6.07, 6.45) is 7.53. The van der Waals surface area contributed by atoms with Crippen LogP contribution >= 0.6 is 11.8 Å². The van der Waals surface area contributed by atoms with Crippen molar-refractivity contribution in [3.63, 3.8) is 0 Å². The number of nitrogens with zero attached hydrogens (tertiary/aromatic N) is 4. The molecule has 2 aromatic rings. The van der Waals surface area contributed by atoms with Crippen LogP contribution in [-0.2, 0) is 11.3 Å². The van der Waals surface area contributed by atoms with Crippen molar-refractivity contribution in [2.45, 2.75) is 62.0 Å². The van der Waals surface area contributed by atoms with Crippen molar-refractivity contribution in [2.75, 3.05) is 0 Å². The van der Waals surface area contributed by atoms with Gasteiger partial charge in [0.05, 0.1) is 24.1 Å². The molecule has 1 saturated carbocycles. The number of tetrazole rings is 1. The van der Waals surface area contributed by atoms with Gasteiger partial charge in [0.2, 0.25) is 11.1 Å². The third-order valence-corrected chi connectivity index (χ3v) is 5.10. The Morgan fingerprint density at radius 2 is 2.30 bits per heavy atom. The normalized spacial score (nSPS) is 17.1. The summed E-state index contributed by atoms with van der Waals surface area (Å²) in [6.45, 7) is 2.26. The molecule has 1 N–H and O–H groups in total. The predicted octanol–water partition coefficient (Wildman–Crippen LogP) is 2.57. The van der Waals surface area contributed by atoms with Crippen LogP contribution in [0.1, 0.15) is 50.8 Å². The SMILES string of the molecule is C[C@H](Sc1nnnn1C1CCCCC1)C(=O)NCc1ccco1. The average molecular weight is 335 g/mol. The number of aromatic nitrogens is 4. The summed E-state index contributed by atoms with van der Waals surface area (Å²) in [5.74, 6) is 0.687. The van der Waals surface area contributed by atoms with E-state index in [2.05, 4.69) is 20.8 Å². The van der Waals surface area contributed by atoms with Crippen LogP contribution in [0, 0.1) is 0 Å². The molecule has 1 amide bonds. The zero-order valence-electron chi connectivity index (χ0n) is 13.1. The van der Waals surface area contributed by atoms with Crippen molar-refractivity contribution < 1.29 is 9.21 Å². The van der Waals surface area contributed by atoms with E-state index in [4.69, 9.17) is 4.42 Å². The lowest BCUT2D eigenvalue weighted by Crippen LogP contribution is -2.30. The molecular formula is C15H21N5O2S. The van der Waals surface area contributed by atoms with Crippen molar-refractivity contribution in [2.24, 2.45) is 0 Å². The van der Waals surface area contributed by atoms with Crippen LogP contribution in [0.15, 0.2) is 28.0 Å². The second-order valence-electron chi connectivity index (χ2n) is 5.76. The van der Waals surface area contributed by atoms with E-state index in [0.717, 1.165) is 23.8 Å². The van der Waals surface area contributed by atoms with Crippen molar-refractivity contribution in [1.29, 1.82) is 0 Å². The van der Waals surface area contributed by atoms with E-state index in [0.29, 0.717) is 12.6 Å². The van der Waals surface area contributed by atoms with Crippen LogP contribution in [0.3, 0.4) is 0 Å². The summed E-state index contributed by atoms with van der Waals surface area (Å²) in [4.78, 5) is 12.2. The van der Waals surface area contributed by atoms with E-state index in [9.17, 15) is 4.79 Å². The summed E-state index contributed by atoms with van der Waals surface area (Å²) in [5, 5.41) is 15.3. The van der Waals surface area contributed by atoms with Gasteiger partial charge in [-0.3, -0.25) is 4.79 Å². The quantitative estimate of drug-likeness (QED) is 0.817. The molecule has 2 heterocycles. The monoisotopic (exact) mass is 335 g/mol. The van der Waals surface area contributed by atoms with Gasteiger partial charge in [-0.05, 0) is 42.3 Å². The zero-order chi connectivity index (χ0) is 16.1. The molecule has 23 heavy (non-hydrogen) atoms. The molecule has 3 rings (SSSR count). The van der Waals surface area contributed by atoms with E-state index < -0.39 is 0 Å². The second kappa shape index (κ2) is 7.63. The van der Waals surface area contributed by atoms with Gasteiger partial charge in [-0.25, -0.2) is 4.68 Å². The summed E-state index contributed by atoms with van der Waals surface area (Å²) in [7, 11) is 0. The lowest BCUT2D eigenvalue weighted by molar-refractivity contribution is -0.120. The lowest BCUT2D eigenvalue weighted by atomic mass is 9.96. The van der Waals surface area contributed by atoms with Gasteiger partial charge in [-0.2, -0.15) is 0 Å². The Bertz CT molecular complexity index is 622. The molecule has 2 aromatic heterocycles. The van der Waals surface area contributed by atoms with Gasteiger partial charge in [0, 0.05) is 0 Å². The van der Waals surface area contributed by atoms with Crippen LogP contribution in [0.2, 0.25) is 0 Å². The van der Waals surface area contributed by atoms with Crippen molar-refractivity contribution in [3.8, 4) is 0 Å². The standard InChI is InChI=1S/C15H21N5O2S/c1-11(14(21)16-10-13-8-5-9-22-13)23-15-17-18-19-20(15)12-6-3-2-4-7-12/h5,8-9,11-12H,2-4,6-7,10H2,1H3,(H,16,21)/t11-/m0/s1. The fourth-order valence-electron chi connectivity index (χ4n) is 2.76. The Hall–Kier alpha value is -1.83. The molecule has 1 aliphatic carbocycles. The number of furan rings is 1. The minimum absolute atomic E-state index is 0.0513. The van der Waals surface area contributed by atoms with Gasteiger partial charge in [-0.15, -0.1) is 5.10 Å². The van der Waals surface area contributed by atoms with Crippen molar-refractivity contribution >= 4 is 17.7 Å². The Kier molecular flexibility index (Phi) is 5.32. The average Bonchev–Trinajstić information content (AvgIpc) is 3.25. The van der Waals surface area contributed by atoms with Crippen LogP contribution < -0.4 is 5.32 Å². The highest BCUT2D eigenvalue weighted by atomic mass is 32.2. The third kappa shape index (κ3) is 4.13. The number of carbonyl (C=O) groups excluding carboxylic acids is 1. The van der Waals surface area contributed by atoms with Crippen LogP contribution in [0.5, 0.6) is 0 Å². The molecule has 124 valence electrons. The van der Waals surface area contributed by atoms with Gasteiger partial charge in [0.25, 0.3) is 0 Å². The van der Waals surface area contributed by atoms with Gasteiger partial charge >= 0.3 is 0 Å². The number of hydrogen-bond acceptors (Lipinski definition) is 6. The highest BCUT2D eigenvalue weighted by Crippen LogP contribution is 2.31. The third-order valence-electron chi connectivity index (χ3n) is 4.05. The highest BCUT2D eigenvalue weighted by molar-refractivity contribution is 8.00. The fourth-order valence-corrected chi connectivity index (χ4v) is 3.64. The largest absolute Gasteiger partial charge is 0.467 e. The molecule has 0 radical (unpaired) electrons.